The van der Waals surface area contributed by atoms with E-state index < -0.39 is 83.3 Å². The topological polar surface area (TPSA) is 292 Å². The monoisotopic (exact) mass is 708 g/mol. The van der Waals surface area contributed by atoms with E-state index in [9.17, 15) is 22.9 Å². The van der Waals surface area contributed by atoms with Gasteiger partial charge in [-0.1, -0.05) is 17.5 Å². The Morgan fingerprint density at radius 3 is 2.80 bits per heavy atom. The second-order valence-electron chi connectivity index (χ2n) is 10.0. The second-order valence-corrected chi connectivity index (χ2v) is 15.6. The van der Waals surface area contributed by atoms with Crippen LogP contribution in [0.3, 0.4) is 0 Å². The Morgan fingerprint density at radius 1 is 1.20 bits per heavy atom. The number of hydrogen-bond acceptors (Lipinski definition) is 18. The average molecular weight is 709 g/mol. The number of anilines is 2. The maximum absolute atomic E-state index is 16.0. The number of rotatable bonds is 2. The predicted octanol–water partition coefficient (Wildman–Crippen LogP) is -1.60. The number of nitrogen functional groups attached to an aromatic ring is 2. The fraction of sp³-hybridized carbons (Fsp3) is 0.526. The Labute approximate surface area is 259 Å². The minimum Gasteiger partial charge on any atom is -0.387 e. The normalized spacial score (nSPS) is 35.5. The Balaban J connectivity index is 1.17. The first-order chi connectivity index (χ1) is 21.3. The Hall–Kier alpha value is -3.00. The van der Waals surface area contributed by atoms with Crippen molar-refractivity contribution in [3.63, 3.8) is 0 Å². The standard InChI is InChI=1S/C19H22FN12O9PS3/c20-7-11-5(39-17(7)31-4-25-8-13(21)23-3-24-14(8)31)1-26-45(36,37)41-12-6(2-38-42(35,43)40-11)44-18(10(12)33)32-15-9(29-30-32)16(34)28-19(22)27-15/h3-7,10-12,17-18,26,33H,1-2H2,(H,35,43)(H2,21,23,24)(H3,22,27,28,34)/t5?,6?,7?,10?,11?,12?,17?,18?,42-/m1/s1. The van der Waals surface area contributed by atoms with Crippen LogP contribution in [0.15, 0.2) is 17.4 Å². The molecular formula is C19H22FN12O9PS3. The quantitative estimate of drug-likeness (QED) is 0.101. The van der Waals surface area contributed by atoms with Crippen molar-refractivity contribution in [2.24, 2.45) is 0 Å². The van der Waals surface area contributed by atoms with Crippen LogP contribution in [0.2, 0.25) is 0 Å². The number of alkyl halides is 1. The van der Waals surface area contributed by atoms with Gasteiger partial charge in [0.25, 0.3) is 5.56 Å². The van der Waals surface area contributed by atoms with Gasteiger partial charge in [-0.3, -0.25) is 27.6 Å². The lowest BCUT2D eigenvalue weighted by Crippen LogP contribution is -2.45. The van der Waals surface area contributed by atoms with Crippen molar-refractivity contribution in [3.8, 4) is 0 Å². The van der Waals surface area contributed by atoms with Gasteiger partial charge in [0.05, 0.1) is 18.2 Å². The van der Waals surface area contributed by atoms with Crippen LogP contribution >= 0.6 is 30.8 Å². The van der Waals surface area contributed by atoms with Crippen LogP contribution in [-0.2, 0) is 32.8 Å². The van der Waals surface area contributed by atoms with Crippen LogP contribution in [0.5, 0.6) is 0 Å². The molecular weight excluding hydrogens is 686 g/mol. The first kappa shape index (κ1) is 30.6. The number of nitrogens with two attached hydrogens (primary N) is 2. The van der Waals surface area contributed by atoms with Crippen molar-refractivity contribution >= 4 is 75.2 Å². The number of H-pyrrole nitrogens is 1. The van der Waals surface area contributed by atoms with E-state index in [4.69, 9.17) is 29.4 Å². The highest BCUT2D eigenvalue weighted by atomic mass is 32.7. The summed E-state index contributed by atoms with van der Waals surface area (Å²) in [6.07, 6.45) is -7.34. The molecule has 21 nitrogen and oxygen atoms in total. The Bertz CT molecular complexity index is 2010. The van der Waals surface area contributed by atoms with Gasteiger partial charge in [0.1, 0.15) is 41.6 Å². The molecule has 0 amide bonds. The number of fused-ring (bicyclic) bond motifs is 4. The molecule has 3 aliphatic heterocycles. The van der Waals surface area contributed by atoms with Crippen molar-refractivity contribution in [1.82, 2.24) is 49.2 Å². The van der Waals surface area contributed by atoms with E-state index in [1.54, 1.807) is 0 Å². The Kier molecular flexibility index (Phi) is 7.53. The van der Waals surface area contributed by atoms with Crippen LogP contribution < -0.4 is 21.7 Å². The number of aromatic nitrogens is 9. The zero-order valence-electron chi connectivity index (χ0n) is 22.2. The van der Waals surface area contributed by atoms with E-state index in [-0.39, 0.29) is 34.1 Å². The van der Waals surface area contributed by atoms with Crippen molar-refractivity contribution in [2.45, 2.75) is 47.4 Å². The number of aliphatic hydroxyl groups excluding tert-OH is 1. The zero-order valence-corrected chi connectivity index (χ0v) is 25.6. The van der Waals surface area contributed by atoms with E-state index >= 15 is 4.39 Å². The first-order valence-corrected chi connectivity index (χ1v) is 17.9. The minimum atomic E-state index is -4.66. The molecule has 0 radical (unpaired) electrons. The third kappa shape index (κ3) is 5.45. The van der Waals surface area contributed by atoms with Gasteiger partial charge < -0.3 is 21.3 Å². The van der Waals surface area contributed by atoms with Gasteiger partial charge in [0.2, 0.25) is 5.95 Å². The Morgan fingerprint density at radius 2 is 2.00 bits per heavy atom. The van der Waals surface area contributed by atoms with Gasteiger partial charge in [-0.25, -0.2) is 28.6 Å². The predicted molar refractivity (Wildman–Crippen MR) is 155 cm³/mol. The van der Waals surface area contributed by atoms with E-state index in [1.807, 2.05) is 0 Å². The average Bonchev–Trinajstić information content (AvgIpc) is 3.72. The van der Waals surface area contributed by atoms with Crippen LogP contribution in [0, 0.1) is 0 Å². The highest BCUT2D eigenvalue weighted by Gasteiger charge is 2.53. The molecule has 7 N–H and O–H groups in total. The highest BCUT2D eigenvalue weighted by Crippen LogP contribution is 2.58. The van der Waals surface area contributed by atoms with Gasteiger partial charge in [-0.15, -0.1) is 16.9 Å². The molecule has 3 aliphatic rings. The van der Waals surface area contributed by atoms with Crippen molar-refractivity contribution in [3.05, 3.63) is 23.0 Å². The summed E-state index contributed by atoms with van der Waals surface area (Å²) in [7, 11) is -4.66. The molecule has 9 atom stereocenters. The fourth-order valence-corrected chi connectivity index (χ4v) is 9.28. The molecule has 26 heteroatoms. The molecule has 0 bridgehead atoms. The lowest BCUT2D eigenvalue weighted by molar-refractivity contribution is -0.0200. The maximum atomic E-state index is 16.0. The van der Waals surface area contributed by atoms with E-state index in [1.165, 1.54) is 10.9 Å². The molecule has 4 aromatic rings. The summed E-state index contributed by atoms with van der Waals surface area (Å²) in [5.41, 5.74) is 10.8. The number of thiol groups is 1. The molecule has 0 aromatic carbocycles. The SMILES string of the molecule is Nc1nc2c(nnn2C2SC3CO[P@@](=O)(S)OC4C(CNS(=O)(=O)OC3C2O)OC(n2cnc3c(N)ncnc32)C4F)c(=O)[nH]1. The molecule has 3 fully saturated rings. The summed E-state index contributed by atoms with van der Waals surface area (Å²) in [5.74, 6) is -0.216. The number of aliphatic hydroxyl groups is 1. The summed E-state index contributed by atoms with van der Waals surface area (Å²) in [6, 6.07) is 0. The zero-order chi connectivity index (χ0) is 31.8. The molecule has 7 heterocycles. The molecule has 0 aliphatic carbocycles. The summed E-state index contributed by atoms with van der Waals surface area (Å²) in [4.78, 5) is 30.5. The first-order valence-electron chi connectivity index (χ1n) is 12.8. The number of hydrogen-bond donors (Lipinski definition) is 6. The highest BCUT2D eigenvalue weighted by molar-refractivity contribution is 8.44. The molecule has 242 valence electrons. The molecule has 3 saturated heterocycles. The molecule has 4 aromatic heterocycles. The number of imidazole rings is 1. The van der Waals surface area contributed by atoms with Crippen molar-refractivity contribution in [2.75, 3.05) is 24.6 Å². The largest absolute Gasteiger partial charge is 0.387 e. The second kappa shape index (κ2) is 11.1. The number of ether oxygens (including phenoxy) is 1. The van der Waals surface area contributed by atoms with Gasteiger partial charge in [0.15, 0.2) is 35.0 Å². The van der Waals surface area contributed by atoms with Gasteiger partial charge in [0, 0.05) is 6.54 Å². The molecule has 7 rings (SSSR count). The minimum absolute atomic E-state index is 0.0342. The smallest absolute Gasteiger partial charge is 0.386 e. The van der Waals surface area contributed by atoms with Crippen molar-refractivity contribution < 1.29 is 40.4 Å². The van der Waals surface area contributed by atoms with Crippen molar-refractivity contribution in [1.29, 1.82) is 0 Å². The number of nitrogens with one attached hydrogen (secondary N) is 2. The van der Waals surface area contributed by atoms with Gasteiger partial charge >= 0.3 is 17.1 Å². The fourth-order valence-electron chi connectivity index (χ4n) is 5.18. The van der Waals surface area contributed by atoms with E-state index in [0.717, 1.165) is 22.8 Å². The molecule has 0 saturated carbocycles. The number of thioether (sulfide) groups is 1. The summed E-state index contributed by atoms with van der Waals surface area (Å²) in [6.45, 7) is -5.54. The van der Waals surface area contributed by atoms with E-state index in [0.29, 0.717) is 0 Å². The van der Waals surface area contributed by atoms with Gasteiger partial charge in [-0.2, -0.15) is 18.1 Å². The molecule has 8 unspecified atom stereocenters. The summed E-state index contributed by atoms with van der Waals surface area (Å²) in [5, 5.41) is 16.7. The lowest BCUT2D eigenvalue weighted by Gasteiger charge is -2.27. The van der Waals surface area contributed by atoms with Crippen LogP contribution in [0.1, 0.15) is 11.6 Å². The lowest BCUT2D eigenvalue weighted by atomic mass is 10.1. The maximum Gasteiger partial charge on any atom is 0.386 e. The van der Waals surface area contributed by atoms with Crippen LogP contribution in [0.4, 0.5) is 16.2 Å². The van der Waals surface area contributed by atoms with E-state index in [2.05, 4.69) is 52.2 Å². The third-order valence-electron chi connectivity index (χ3n) is 7.19. The van der Waals surface area contributed by atoms with Gasteiger partial charge in [-0.05, 0) is 0 Å². The number of nitrogens with zero attached hydrogens (tertiary/aromatic N) is 8. The molecule has 45 heavy (non-hydrogen) atoms. The summed E-state index contributed by atoms with van der Waals surface area (Å²) < 4.78 is 82.0. The van der Waals surface area contributed by atoms with Crippen LogP contribution in [-0.4, -0.2) is 107 Å². The third-order valence-corrected chi connectivity index (χ3v) is 11.3. The number of halogens is 1. The number of aromatic amines is 1. The summed E-state index contributed by atoms with van der Waals surface area (Å²) >= 11 is 4.90. The molecule has 0 spiro atoms. The van der Waals surface area contributed by atoms with Crippen LogP contribution in [0.25, 0.3) is 22.3 Å².